The first kappa shape index (κ1) is 22.1. The van der Waals surface area contributed by atoms with E-state index >= 15 is 0 Å². The predicted octanol–water partition coefficient (Wildman–Crippen LogP) is 0.410. The lowest BCUT2D eigenvalue weighted by atomic mass is 9.94. The summed E-state index contributed by atoms with van der Waals surface area (Å²) in [6.07, 6.45) is 5.95. The van der Waals surface area contributed by atoms with E-state index in [9.17, 15) is 4.79 Å². The summed E-state index contributed by atoms with van der Waals surface area (Å²) in [7, 11) is 1.71. The van der Waals surface area contributed by atoms with E-state index in [4.69, 9.17) is 14.5 Å². The number of carbonyl (C=O) groups is 1. The number of fused-ring (bicyclic) bond motifs is 2. The number of allylic oxidation sites excluding steroid dienone is 1. The van der Waals surface area contributed by atoms with Gasteiger partial charge in [0, 0.05) is 44.3 Å². The molecule has 2 unspecified atom stereocenters. The number of hydrogen-bond donors (Lipinski definition) is 3. The Morgan fingerprint density at radius 1 is 1.35 bits per heavy atom. The summed E-state index contributed by atoms with van der Waals surface area (Å²) in [5.41, 5.74) is 3.16. The number of ether oxygens (including phenoxy) is 2. The molecule has 31 heavy (non-hydrogen) atoms. The zero-order valence-electron chi connectivity index (χ0n) is 18.5. The van der Waals surface area contributed by atoms with Crippen LogP contribution in [0.25, 0.3) is 0 Å². The van der Waals surface area contributed by atoms with Crippen molar-refractivity contribution < 1.29 is 14.3 Å². The lowest BCUT2D eigenvalue weighted by Gasteiger charge is -2.28. The molecule has 3 aliphatic heterocycles. The Balaban J connectivity index is 1.66. The molecule has 0 radical (unpaired) electrons. The Morgan fingerprint density at radius 3 is 3.10 bits per heavy atom. The van der Waals surface area contributed by atoms with E-state index in [-0.39, 0.29) is 24.1 Å². The number of hydrogen-bond acceptors (Lipinski definition) is 8. The van der Waals surface area contributed by atoms with Crippen molar-refractivity contribution in [1.82, 2.24) is 20.9 Å². The topological polar surface area (TPSA) is 99.6 Å². The van der Waals surface area contributed by atoms with Crippen LogP contribution in [-0.2, 0) is 14.3 Å². The fourth-order valence-corrected chi connectivity index (χ4v) is 4.60. The molecule has 4 rings (SSSR count). The minimum atomic E-state index is -0.326. The second-order valence-electron chi connectivity index (χ2n) is 8.34. The summed E-state index contributed by atoms with van der Waals surface area (Å²) in [4.78, 5) is 24.6. The molecule has 1 fully saturated rings. The van der Waals surface area contributed by atoms with Crippen molar-refractivity contribution in [2.75, 3.05) is 53.0 Å². The van der Waals surface area contributed by atoms with E-state index in [2.05, 4.69) is 38.8 Å². The number of amides is 1. The van der Waals surface area contributed by atoms with Crippen LogP contribution < -0.4 is 16.0 Å². The minimum Gasteiger partial charge on any atom is -0.380 e. The van der Waals surface area contributed by atoms with Gasteiger partial charge >= 0.3 is 0 Å². The third kappa shape index (κ3) is 5.23. The standard InChI is InChI=1S/C22H34N6O3/c1-3-28-9-4-7-23-8-10-31-18-11-16(6-5-15(18)13-30-2)26-20-19-17(12-28)22(29)27-21(19)25-14-24-20/h5,14,17-18,21,23H,3-4,6-13H2,1-2H3,(H,24,25)(H,27,29)/t17?,18-,21?/m1/s1. The third-order valence-corrected chi connectivity index (χ3v) is 6.29. The van der Waals surface area contributed by atoms with Crippen LogP contribution in [0.3, 0.4) is 0 Å². The summed E-state index contributed by atoms with van der Waals surface area (Å²) in [6, 6.07) is 0. The maximum absolute atomic E-state index is 12.8. The van der Waals surface area contributed by atoms with Crippen LogP contribution in [0.5, 0.6) is 0 Å². The van der Waals surface area contributed by atoms with E-state index < -0.39 is 0 Å². The van der Waals surface area contributed by atoms with E-state index in [1.54, 1.807) is 13.4 Å². The maximum atomic E-state index is 12.8. The first-order valence-electron chi connectivity index (χ1n) is 11.3. The fourth-order valence-electron chi connectivity index (χ4n) is 4.60. The molecule has 1 saturated heterocycles. The first-order chi connectivity index (χ1) is 15.2. The van der Waals surface area contributed by atoms with Gasteiger partial charge in [-0.25, -0.2) is 9.98 Å². The molecule has 9 heteroatoms. The van der Waals surface area contributed by atoms with Gasteiger partial charge in [-0.15, -0.1) is 0 Å². The molecule has 2 bridgehead atoms. The smallest absolute Gasteiger partial charge is 0.230 e. The summed E-state index contributed by atoms with van der Waals surface area (Å²) in [6.45, 7) is 7.63. The average molecular weight is 431 g/mol. The van der Waals surface area contributed by atoms with Gasteiger partial charge in [0.15, 0.2) is 0 Å². The van der Waals surface area contributed by atoms with Gasteiger partial charge in [-0.3, -0.25) is 4.79 Å². The number of rotatable bonds is 3. The zero-order chi connectivity index (χ0) is 21.6. The second-order valence-corrected chi connectivity index (χ2v) is 8.34. The molecule has 0 aromatic carbocycles. The Kier molecular flexibility index (Phi) is 7.49. The summed E-state index contributed by atoms with van der Waals surface area (Å²) in [5, 5.41) is 9.71. The Bertz CT molecular complexity index is 790. The van der Waals surface area contributed by atoms with Gasteiger partial charge in [0.1, 0.15) is 12.0 Å². The van der Waals surface area contributed by atoms with Crippen molar-refractivity contribution in [3.63, 3.8) is 0 Å². The molecule has 0 aromatic heterocycles. The second kappa shape index (κ2) is 10.5. The predicted molar refractivity (Wildman–Crippen MR) is 120 cm³/mol. The average Bonchev–Trinajstić information content (AvgIpc) is 3.09. The lowest BCUT2D eigenvalue weighted by molar-refractivity contribution is -0.122. The molecular formula is C22H34N6O3. The van der Waals surface area contributed by atoms with Gasteiger partial charge in [-0.05, 0) is 31.6 Å². The lowest BCUT2D eigenvalue weighted by Crippen LogP contribution is -2.36. The van der Waals surface area contributed by atoms with Gasteiger partial charge in [0.25, 0.3) is 0 Å². The number of carbonyl (C=O) groups excluding carboxylic acids is 1. The SMILES string of the molecule is CCN1CCCNCCO[C@@H]2CC(=NC3=C4C(N=CN3)NC(=O)C4C1)CC=C2COC. The number of aliphatic imine (C=N–C) groups is 2. The van der Waals surface area contributed by atoms with Crippen LogP contribution in [0.4, 0.5) is 0 Å². The highest BCUT2D eigenvalue weighted by atomic mass is 16.5. The number of nitrogens with one attached hydrogen (secondary N) is 3. The van der Waals surface area contributed by atoms with Crippen LogP contribution in [0.15, 0.2) is 33.0 Å². The molecule has 3 atom stereocenters. The third-order valence-electron chi connectivity index (χ3n) is 6.29. The van der Waals surface area contributed by atoms with Crippen LogP contribution in [-0.4, -0.2) is 88.2 Å². The van der Waals surface area contributed by atoms with E-state index in [1.165, 1.54) is 5.57 Å². The highest BCUT2D eigenvalue weighted by molar-refractivity contribution is 5.91. The molecule has 3 N–H and O–H groups in total. The van der Waals surface area contributed by atoms with E-state index in [0.717, 1.165) is 62.5 Å². The van der Waals surface area contributed by atoms with Crippen LogP contribution in [0, 0.1) is 5.92 Å². The molecule has 0 aromatic rings. The highest BCUT2D eigenvalue weighted by Gasteiger charge is 2.41. The van der Waals surface area contributed by atoms with E-state index in [0.29, 0.717) is 19.8 Å². The van der Waals surface area contributed by atoms with Crippen molar-refractivity contribution in [2.45, 2.75) is 38.5 Å². The summed E-state index contributed by atoms with van der Waals surface area (Å²) < 4.78 is 11.6. The van der Waals surface area contributed by atoms with Crippen LogP contribution >= 0.6 is 0 Å². The molecule has 0 spiro atoms. The molecule has 4 aliphatic rings. The summed E-state index contributed by atoms with van der Waals surface area (Å²) in [5.74, 6) is 0.541. The van der Waals surface area contributed by atoms with Gasteiger partial charge in [0.2, 0.25) is 5.91 Å². The number of nitrogens with zero attached hydrogens (tertiary/aromatic N) is 3. The highest BCUT2D eigenvalue weighted by Crippen LogP contribution is 2.30. The van der Waals surface area contributed by atoms with Gasteiger partial charge < -0.3 is 30.3 Å². The monoisotopic (exact) mass is 430 g/mol. The fraction of sp³-hybridized carbons (Fsp3) is 0.682. The molecule has 3 heterocycles. The molecule has 9 nitrogen and oxygen atoms in total. The number of methoxy groups -OCH3 is 1. The largest absolute Gasteiger partial charge is 0.380 e. The van der Waals surface area contributed by atoms with Crippen LogP contribution in [0.2, 0.25) is 0 Å². The first-order valence-corrected chi connectivity index (χ1v) is 11.3. The molecule has 170 valence electrons. The van der Waals surface area contributed by atoms with Gasteiger partial charge in [-0.1, -0.05) is 13.0 Å². The van der Waals surface area contributed by atoms with Crippen LogP contribution in [0.1, 0.15) is 26.2 Å². The quantitative estimate of drug-likeness (QED) is 0.561. The Morgan fingerprint density at radius 2 is 2.26 bits per heavy atom. The Labute approximate surface area is 184 Å². The summed E-state index contributed by atoms with van der Waals surface area (Å²) >= 11 is 0. The molecule has 1 aliphatic carbocycles. The van der Waals surface area contributed by atoms with Crippen molar-refractivity contribution in [3.05, 3.63) is 23.0 Å². The molecule has 0 saturated carbocycles. The van der Waals surface area contributed by atoms with Crippen molar-refractivity contribution in [3.8, 4) is 0 Å². The van der Waals surface area contributed by atoms with Crippen molar-refractivity contribution in [1.29, 1.82) is 0 Å². The van der Waals surface area contributed by atoms with Crippen molar-refractivity contribution in [2.24, 2.45) is 15.9 Å². The molecular weight excluding hydrogens is 396 g/mol. The Hall–Kier alpha value is -2.07. The normalized spacial score (nSPS) is 30.3. The zero-order valence-corrected chi connectivity index (χ0v) is 18.5. The maximum Gasteiger partial charge on any atom is 0.230 e. The van der Waals surface area contributed by atoms with Crippen molar-refractivity contribution >= 4 is 18.0 Å². The molecule has 1 amide bonds. The minimum absolute atomic E-state index is 0.0309. The van der Waals surface area contributed by atoms with Gasteiger partial charge in [0.05, 0.1) is 31.6 Å². The van der Waals surface area contributed by atoms with Gasteiger partial charge in [-0.2, -0.15) is 0 Å². The van der Waals surface area contributed by atoms with E-state index in [1.807, 2.05) is 0 Å².